The molecule has 0 saturated carbocycles. The summed E-state index contributed by atoms with van der Waals surface area (Å²) in [5.74, 6) is 0.104. The van der Waals surface area contributed by atoms with Crippen LogP contribution in [0.15, 0.2) is 18.2 Å². The van der Waals surface area contributed by atoms with Crippen molar-refractivity contribution < 1.29 is 4.79 Å². The van der Waals surface area contributed by atoms with Crippen molar-refractivity contribution >= 4 is 29.1 Å². The van der Waals surface area contributed by atoms with Crippen LogP contribution in [0.1, 0.15) is 18.9 Å². The van der Waals surface area contributed by atoms with Gasteiger partial charge in [-0.1, -0.05) is 30.1 Å². The highest BCUT2D eigenvalue weighted by molar-refractivity contribution is 6.34. The first-order chi connectivity index (χ1) is 8.52. The molecule has 5 heteroatoms. The Hall–Kier alpha value is -0.770. The number of carbonyl (C=O) groups excluding carboxylic acids is 1. The molecule has 0 atom stereocenters. The molecule has 1 amide bonds. The quantitative estimate of drug-likeness (QED) is 0.817. The zero-order valence-electron chi connectivity index (χ0n) is 10.7. The molecule has 1 aromatic carbocycles. The fourth-order valence-electron chi connectivity index (χ4n) is 1.63. The number of rotatable bonds is 6. The summed E-state index contributed by atoms with van der Waals surface area (Å²) in [5.41, 5.74) is 0.937. The van der Waals surface area contributed by atoms with Gasteiger partial charge in [0.05, 0.1) is 0 Å². The molecule has 0 aliphatic carbocycles. The smallest absolute Gasteiger partial charge is 0.223 e. The summed E-state index contributed by atoms with van der Waals surface area (Å²) in [6.07, 6.45) is 0.499. The lowest BCUT2D eigenvalue weighted by Gasteiger charge is -2.17. The van der Waals surface area contributed by atoms with E-state index in [0.29, 0.717) is 29.6 Å². The van der Waals surface area contributed by atoms with Gasteiger partial charge in [0.2, 0.25) is 5.91 Å². The van der Waals surface area contributed by atoms with Gasteiger partial charge in [-0.05, 0) is 30.3 Å². The van der Waals surface area contributed by atoms with Crippen molar-refractivity contribution in [3.8, 4) is 0 Å². The molecule has 0 aliphatic heterocycles. The third-order valence-corrected chi connectivity index (χ3v) is 2.97. The van der Waals surface area contributed by atoms with Crippen molar-refractivity contribution in [1.82, 2.24) is 10.2 Å². The second-order valence-electron chi connectivity index (χ2n) is 4.13. The molecule has 100 valence electrons. The predicted molar refractivity (Wildman–Crippen MR) is 76.1 cm³/mol. The normalized spacial score (nSPS) is 10.4. The summed E-state index contributed by atoms with van der Waals surface area (Å²) >= 11 is 11.8. The van der Waals surface area contributed by atoms with E-state index < -0.39 is 0 Å². The molecule has 0 spiro atoms. The lowest BCUT2D eigenvalue weighted by Crippen LogP contribution is -2.29. The molecule has 1 aromatic rings. The van der Waals surface area contributed by atoms with Crippen LogP contribution in [0.4, 0.5) is 0 Å². The second-order valence-corrected chi connectivity index (χ2v) is 5.00. The predicted octanol–water partition coefficient (Wildman–Crippen LogP) is 2.95. The SMILES string of the molecule is CCNCCC(=O)N(C)Cc1cc(Cl)cc(Cl)c1. The Balaban J connectivity index is 2.52. The molecular formula is C13H18Cl2N2O. The minimum atomic E-state index is 0.104. The fraction of sp³-hybridized carbons (Fsp3) is 0.462. The van der Waals surface area contributed by atoms with Gasteiger partial charge in [0.15, 0.2) is 0 Å². The van der Waals surface area contributed by atoms with E-state index in [2.05, 4.69) is 5.32 Å². The zero-order chi connectivity index (χ0) is 13.5. The Morgan fingerprint density at radius 2 is 1.89 bits per heavy atom. The van der Waals surface area contributed by atoms with Crippen molar-refractivity contribution in [2.24, 2.45) is 0 Å². The summed E-state index contributed by atoms with van der Waals surface area (Å²) < 4.78 is 0. The first-order valence-corrected chi connectivity index (χ1v) is 6.68. The highest BCUT2D eigenvalue weighted by Gasteiger charge is 2.09. The van der Waals surface area contributed by atoms with Crippen LogP contribution in [0.3, 0.4) is 0 Å². The molecule has 0 heterocycles. The van der Waals surface area contributed by atoms with Crippen molar-refractivity contribution in [2.45, 2.75) is 19.9 Å². The number of benzene rings is 1. The maximum Gasteiger partial charge on any atom is 0.223 e. The summed E-state index contributed by atoms with van der Waals surface area (Å²) in [4.78, 5) is 13.5. The van der Waals surface area contributed by atoms with Gasteiger partial charge in [-0.3, -0.25) is 4.79 Å². The maximum atomic E-state index is 11.8. The van der Waals surface area contributed by atoms with Gasteiger partial charge in [0.1, 0.15) is 0 Å². The Bertz CT molecular complexity index is 390. The van der Waals surface area contributed by atoms with Crippen LogP contribution in [-0.2, 0) is 11.3 Å². The lowest BCUT2D eigenvalue weighted by atomic mass is 10.2. The van der Waals surface area contributed by atoms with Gasteiger partial charge in [-0.25, -0.2) is 0 Å². The molecule has 18 heavy (non-hydrogen) atoms. The number of carbonyl (C=O) groups is 1. The summed E-state index contributed by atoms with van der Waals surface area (Å²) in [6, 6.07) is 5.32. The van der Waals surface area contributed by atoms with Gasteiger partial charge in [-0.2, -0.15) is 0 Å². The molecule has 0 radical (unpaired) electrons. The average Bonchev–Trinajstić information content (AvgIpc) is 2.27. The molecule has 0 saturated heterocycles. The van der Waals surface area contributed by atoms with Crippen LogP contribution < -0.4 is 5.32 Å². The number of amides is 1. The molecule has 0 fully saturated rings. The molecule has 1 rings (SSSR count). The Morgan fingerprint density at radius 1 is 1.28 bits per heavy atom. The van der Waals surface area contributed by atoms with Gasteiger partial charge in [0.25, 0.3) is 0 Å². The van der Waals surface area contributed by atoms with Crippen molar-refractivity contribution in [3.05, 3.63) is 33.8 Å². The van der Waals surface area contributed by atoms with Crippen LogP contribution in [-0.4, -0.2) is 30.9 Å². The largest absolute Gasteiger partial charge is 0.341 e. The third-order valence-electron chi connectivity index (χ3n) is 2.53. The molecule has 0 aromatic heterocycles. The minimum Gasteiger partial charge on any atom is -0.341 e. The number of nitrogens with zero attached hydrogens (tertiary/aromatic N) is 1. The zero-order valence-corrected chi connectivity index (χ0v) is 12.2. The number of nitrogens with one attached hydrogen (secondary N) is 1. The molecule has 3 nitrogen and oxygen atoms in total. The highest BCUT2D eigenvalue weighted by atomic mass is 35.5. The van der Waals surface area contributed by atoms with E-state index in [-0.39, 0.29) is 5.91 Å². The van der Waals surface area contributed by atoms with E-state index in [9.17, 15) is 4.79 Å². The Kier molecular flexibility index (Phi) is 6.47. The van der Waals surface area contributed by atoms with E-state index in [0.717, 1.165) is 12.1 Å². The van der Waals surface area contributed by atoms with E-state index in [1.165, 1.54) is 0 Å². The van der Waals surface area contributed by atoms with Crippen LogP contribution in [0, 0.1) is 0 Å². The highest BCUT2D eigenvalue weighted by Crippen LogP contribution is 2.19. The van der Waals surface area contributed by atoms with Crippen LogP contribution >= 0.6 is 23.2 Å². The Morgan fingerprint density at radius 3 is 2.44 bits per heavy atom. The third kappa shape index (κ3) is 5.25. The average molecular weight is 289 g/mol. The summed E-state index contributed by atoms with van der Waals surface area (Å²) in [5, 5.41) is 4.30. The van der Waals surface area contributed by atoms with Crippen LogP contribution in [0.25, 0.3) is 0 Å². The van der Waals surface area contributed by atoms with Gasteiger partial charge < -0.3 is 10.2 Å². The van der Waals surface area contributed by atoms with Gasteiger partial charge in [0, 0.05) is 36.6 Å². The number of hydrogen-bond donors (Lipinski definition) is 1. The van der Waals surface area contributed by atoms with Crippen molar-refractivity contribution in [2.75, 3.05) is 20.1 Å². The topological polar surface area (TPSA) is 32.3 Å². The molecule has 0 aliphatic rings. The van der Waals surface area contributed by atoms with E-state index in [1.807, 2.05) is 19.1 Å². The summed E-state index contributed by atoms with van der Waals surface area (Å²) in [7, 11) is 1.78. The van der Waals surface area contributed by atoms with E-state index in [1.54, 1.807) is 18.0 Å². The molecule has 0 bridgehead atoms. The fourth-order valence-corrected chi connectivity index (χ4v) is 2.20. The lowest BCUT2D eigenvalue weighted by molar-refractivity contribution is -0.130. The maximum absolute atomic E-state index is 11.8. The first kappa shape index (κ1) is 15.3. The van der Waals surface area contributed by atoms with Gasteiger partial charge in [-0.15, -0.1) is 0 Å². The van der Waals surface area contributed by atoms with Gasteiger partial charge >= 0.3 is 0 Å². The van der Waals surface area contributed by atoms with Crippen LogP contribution in [0.2, 0.25) is 10.0 Å². The summed E-state index contributed by atoms with van der Waals surface area (Å²) in [6.45, 7) is 4.12. The molecule has 0 unspecified atom stereocenters. The molecular weight excluding hydrogens is 271 g/mol. The van der Waals surface area contributed by atoms with Crippen molar-refractivity contribution in [1.29, 1.82) is 0 Å². The number of hydrogen-bond acceptors (Lipinski definition) is 2. The number of halogens is 2. The molecule has 1 N–H and O–H groups in total. The minimum absolute atomic E-state index is 0.104. The van der Waals surface area contributed by atoms with E-state index in [4.69, 9.17) is 23.2 Å². The second kappa shape index (κ2) is 7.62. The monoisotopic (exact) mass is 288 g/mol. The van der Waals surface area contributed by atoms with Crippen LogP contribution in [0.5, 0.6) is 0 Å². The first-order valence-electron chi connectivity index (χ1n) is 5.92. The van der Waals surface area contributed by atoms with Crippen molar-refractivity contribution in [3.63, 3.8) is 0 Å². The Labute approximate surface area is 118 Å². The van der Waals surface area contributed by atoms with E-state index >= 15 is 0 Å². The standard InChI is InChI=1S/C13H18Cl2N2O/c1-3-16-5-4-13(18)17(2)9-10-6-11(14)8-12(15)7-10/h6-8,16H,3-5,9H2,1-2H3.